The van der Waals surface area contributed by atoms with E-state index >= 15 is 0 Å². The molecule has 1 aromatic heterocycles. The zero-order valence-corrected chi connectivity index (χ0v) is 13.2. The molecule has 0 aromatic carbocycles. The molecule has 2 unspecified atom stereocenters. The molecule has 0 aliphatic carbocycles. The second kappa shape index (κ2) is 5.46. The zero-order valence-electron chi connectivity index (χ0n) is 10.7. The lowest BCUT2D eigenvalue weighted by atomic mass is 10.1. The molecule has 1 fully saturated rings. The molecule has 0 bridgehead atoms. The highest BCUT2D eigenvalue weighted by atomic mass is 35.5. The van der Waals surface area contributed by atoms with E-state index in [0.29, 0.717) is 17.3 Å². The van der Waals surface area contributed by atoms with E-state index in [0.717, 1.165) is 10.4 Å². The van der Waals surface area contributed by atoms with Gasteiger partial charge in [-0.25, -0.2) is 8.42 Å². The first-order valence-corrected chi connectivity index (χ1v) is 7.91. The first-order chi connectivity index (χ1) is 7.82. The van der Waals surface area contributed by atoms with E-state index in [2.05, 4.69) is 0 Å². The van der Waals surface area contributed by atoms with Crippen molar-refractivity contribution in [3.63, 3.8) is 0 Å². The molecule has 104 valence electrons. The summed E-state index contributed by atoms with van der Waals surface area (Å²) in [6, 6.07) is 1.86. The molecule has 2 atom stereocenters. The Kier molecular flexibility index (Phi) is 4.83. The van der Waals surface area contributed by atoms with E-state index in [-0.39, 0.29) is 24.4 Å². The predicted octanol–water partition coefficient (Wildman–Crippen LogP) is 1.75. The van der Waals surface area contributed by atoms with Crippen LogP contribution in [0.3, 0.4) is 0 Å². The molecule has 0 amide bonds. The number of halogens is 1. The fourth-order valence-corrected chi connectivity index (χ4v) is 5.52. The van der Waals surface area contributed by atoms with E-state index in [1.807, 2.05) is 26.8 Å². The topological polar surface area (TPSA) is 63.4 Å². The molecule has 1 saturated heterocycles. The Morgan fingerprint density at radius 2 is 2.00 bits per heavy atom. The van der Waals surface area contributed by atoms with Crippen LogP contribution in [0, 0.1) is 19.8 Å². The van der Waals surface area contributed by atoms with Crippen LogP contribution in [0.25, 0.3) is 0 Å². The van der Waals surface area contributed by atoms with Crippen molar-refractivity contribution in [3.8, 4) is 0 Å². The van der Waals surface area contributed by atoms with Crippen molar-refractivity contribution >= 4 is 33.8 Å². The van der Waals surface area contributed by atoms with Gasteiger partial charge < -0.3 is 5.73 Å². The normalized spacial score (nSPS) is 25.1. The van der Waals surface area contributed by atoms with Crippen LogP contribution in [-0.4, -0.2) is 31.9 Å². The van der Waals surface area contributed by atoms with Crippen molar-refractivity contribution in [1.29, 1.82) is 0 Å². The fourth-order valence-electron chi connectivity index (χ4n) is 2.14. The van der Waals surface area contributed by atoms with Crippen LogP contribution in [0.5, 0.6) is 0 Å². The molecule has 7 heteroatoms. The highest BCUT2D eigenvalue weighted by Crippen LogP contribution is 2.31. The summed E-state index contributed by atoms with van der Waals surface area (Å²) >= 11 is 1.34. The molecular weight excluding hydrogens is 292 g/mol. The standard InChI is InChI=1S/C11H18N2O2S2.ClH/c1-7-4-9(3)16-11(7)17(14,15)13-5-8(2)10(12)6-13;/h4,8,10H,5-6,12H2,1-3H3;1H. The maximum atomic E-state index is 12.4. The molecule has 2 N–H and O–H groups in total. The fraction of sp³-hybridized carbons (Fsp3) is 0.636. The van der Waals surface area contributed by atoms with Crippen molar-refractivity contribution in [2.75, 3.05) is 13.1 Å². The summed E-state index contributed by atoms with van der Waals surface area (Å²) in [6.07, 6.45) is 0. The van der Waals surface area contributed by atoms with Gasteiger partial charge in [-0.15, -0.1) is 23.7 Å². The van der Waals surface area contributed by atoms with Gasteiger partial charge in [0.25, 0.3) is 10.0 Å². The Morgan fingerprint density at radius 1 is 1.39 bits per heavy atom. The molecule has 4 nitrogen and oxygen atoms in total. The van der Waals surface area contributed by atoms with Gasteiger partial charge in [0.2, 0.25) is 0 Å². The molecular formula is C11H19ClN2O2S2. The summed E-state index contributed by atoms with van der Waals surface area (Å²) in [4.78, 5) is 1.03. The molecule has 1 aliphatic rings. The molecule has 0 saturated carbocycles. The summed E-state index contributed by atoms with van der Waals surface area (Å²) < 4.78 is 26.9. The van der Waals surface area contributed by atoms with Crippen molar-refractivity contribution in [1.82, 2.24) is 4.31 Å². The van der Waals surface area contributed by atoms with Crippen LogP contribution in [0.1, 0.15) is 17.4 Å². The first-order valence-electron chi connectivity index (χ1n) is 5.65. The minimum Gasteiger partial charge on any atom is -0.326 e. The number of nitrogens with zero attached hydrogens (tertiary/aromatic N) is 1. The van der Waals surface area contributed by atoms with Gasteiger partial charge in [-0.05, 0) is 31.4 Å². The second-order valence-electron chi connectivity index (χ2n) is 4.79. The van der Waals surface area contributed by atoms with E-state index in [1.54, 1.807) is 0 Å². The zero-order chi connectivity index (χ0) is 12.8. The summed E-state index contributed by atoms with van der Waals surface area (Å²) in [5.41, 5.74) is 6.72. The van der Waals surface area contributed by atoms with Gasteiger partial charge in [-0.1, -0.05) is 6.92 Å². The quantitative estimate of drug-likeness (QED) is 0.905. The Balaban J connectivity index is 0.00000162. The average Bonchev–Trinajstić information content (AvgIpc) is 2.72. The second-order valence-corrected chi connectivity index (χ2v) is 8.18. The van der Waals surface area contributed by atoms with Crippen LogP contribution in [0.2, 0.25) is 0 Å². The summed E-state index contributed by atoms with van der Waals surface area (Å²) in [5, 5.41) is 0. The largest absolute Gasteiger partial charge is 0.326 e. The van der Waals surface area contributed by atoms with Crippen molar-refractivity contribution in [2.45, 2.75) is 31.0 Å². The molecule has 2 rings (SSSR count). The number of nitrogens with two attached hydrogens (primary N) is 1. The molecule has 0 spiro atoms. The third kappa shape index (κ3) is 2.72. The highest BCUT2D eigenvalue weighted by molar-refractivity contribution is 7.91. The van der Waals surface area contributed by atoms with E-state index in [9.17, 15) is 8.42 Å². The molecule has 2 heterocycles. The number of thiophene rings is 1. The predicted molar refractivity (Wildman–Crippen MR) is 76.9 cm³/mol. The third-order valence-electron chi connectivity index (χ3n) is 3.21. The molecule has 1 aliphatic heterocycles. The van der Waals surface area contributed by atoms with Gasteiger partial charge in [-0.3, -0.25) is 0 Å². The van der Waals surface area contributed by atoms with Gasteiger partial charge in [0.05, 0.1) is 0 Å². The number of aryl methyl sites for hydroxylation is 2. The van der Waals surface area contributed by atoms with Crippen LogP contribution >= 0.6 is 23.7 Å². The third-order valence-corrected chi connectivity index (χ3v) is 6.80. The number of rotatable bonds is 2. The minimum atomic E-state index is -3.34. The minimum absolute atomic E-state index is 0. The maximum Gasteiger partial charge on any atom is 0.252 e. The number of hydrogen-bond donors (Lipinski definition) is 1. The summed E-state index contributed by atoms with van der Waals surface area (Å²) in [5.74, 6) is 0.228. The Bertz CT molecular complexity index is 517. The van der Waals surface area contributed by atoms with Crippen LogP contribution in [0.4, 0.5) is 0 Å². The van der Waals surface area contributed by atoms with Crippen LogP contribution < -0.4 is 5.73 Å². The SMILES string of the molecule is Cc1cc(C)c(S(=O)(=O)N2CC(C)C(N)C2)s1.Cl. The van der Waals surface area contributed by atoms with Crippen molar-refractivity contribution in [2.24, 2.45) is 11.7 Å². The maximum absolute atomic E-state index is 12.4. The van der Waals surface area contributed by atoms with Gasteiger partial charge in [-0.2, -0.15) is 4.31 Å². The Morgan fingerprint density at radius 3 is 2.39 bits per heavy atom. The monoisotopic (exact) mass is 310 g/mol. The van der Waals surface area contributed by atoms with Gasteiger partial charge in [0.1, 0.15) is 4.21 Å². The number of sulfonamides is 1. The van der Waals surface area contributed by atoms with Crippen molar-refractivity contribution in [3.05, 3.63) is 16.5 Å². The molecule has 1 aromatic rings. The number of hydrogen-bond acceptors (Lipinski definition) is 4. The van der Waals surface area contributed by atoms with E-state index in [4.69, 9.17) is 5.73 Å². The first kappa shape index (κ1) is 15.9. The average molecular weight is 311 g/mol. The molecule has 18 heavy (non-hydrogen) atoms. The molecule has 0 radical (unpaired) electrons. The van der Waals surface area contributed by atoms with Gasteiger partial charge in [0, 0.05) is 24.0 Å². The smallest absolute Gasteiger partial charge is 0.252 e. The van der Waals surface area contributed by atoms with Crippen molar-refractivity contribution < 1.29 is 8.42 Å². The highest BCUT2D eigenvalue weighted by Gasteiger charge is 2.36. The Labute approximate surface area is 119 Å². The Hall–Kier alpha value is -0.140. The lowest BCUT2D eigenvalue weighted by molar-refractivity contribution is 0.465. The summed E-state index contributed by atoms with van der Waals surface area (Å²) in [7, 11) is -3.34. The van der Waals surface area contributed by atoms with E-state index < -0.39 is 10.0 Å². The summed E-state index contributed by atoms with van der Waals surface area (Å²) in [6.45, 7) is 6.72. The van der Waals surface area contributed by atoms with Crippen LogP contribution in [0.15, 0.2) is 10.3 Å². The van der Waals surface area contributed by atoms with Crippen LogP contribution in [-0.2, 0) is 10.0 Å². The lowest BCUT2D eigenvalue weighted by Gasteiger charge is -2.15. The van der Waals surface area contributed by atoms with Gasteiger partial charge in [0.15, 0.2) is 0 Å². The van der Waals surface area contributed by atoms with E-state index in [1.165, 1.54) is 15.6 Å². The van der Waals surface area contributed by atoms with Gasteiger partial charge >= 0.3 is 0 Å². The lowest BCUT2D eigenvalue weighted by Crippen LogP contribution is -2.32.